The van der Waals surface area contributed by atoms with E-state index in [9.17, 15) is 18.4 Å². The topological polar surface area (TPSA) is 72.2 Å². The highest BCUT2D eigenvalue weighted by atomic mass is 35.5. The second kappa shape index (κ2) is 9.06. The molecular formula is C24H17ClF2N2O2S. The molecule has 8 heteroatoms. The SMILES string of the molecule is NC(=O)CNC(=O)c1cc(-c2cccc3cc(Cc4cc(F)cc(Cl)c4)sc23)ccc1F. The van der Waals surface area contributed by atoms with Crippen molar-refractivity contribution < 1.29 is 18.4 Å². The summed E-state index contributed by atoms with van der Waals surface area (Å²) in [7, 11) is 0. The molecule has 32 heavy (non-hydrogen) atoms. The molecule has 0 aliphatic rings. The minimum absolute atomic E-state index is 0.174. The van der Waals surface area contributed by atoms with E-state index >= 15 is 0 Å². The van der Waals surface area contributed by atoms with Gasteiger partial charge in [-0.1, -0.05) is 35.9 Å². The third-order valence-corrected chi connectivity index (χ3v) is 6.24. The summed E-state index contributed by atoms with van der Waals surface area (Å²) < 4.78 is 28.9. The van der Waals surface area contributed by atoms with E-state index in [0.29, 0.717) is 17.0 Å². The second-order valence-corrected chi connectivity index (χ2v) is 8.81. The van der Waals surface area contributed by atoms with Gasteiger partial charge in [0.05, 0.1) is 12.1 Å². The van der Waals surface area contributed by atoms with Crippen LogP contribution in [0.4, 0.5) is 8.78 Å². The Hall–Kier alpha value is -3.29. The van der Waals surface area contributed by atoms with Crippen LogP contribution < -0.4 is 11.1 Å². The van der Waals surface area contributed by atoms with Gasteiger partial charge in [0.25, 0.3) is 5.91 Å². The Balaban J connectivity index is 1.70. The van der Waals surface area contributed by atoms with E-state index in [1.165, 1.54) is 35.6 Å². The Morgan fingerprint density at radius 1 is 1.03 bits per heavy atom. The zero-order chi connectivity index (χ0) is 22.8. The lowest BCUT2D eigenvalue weighted by Crippen LogP contribution is -2.33. The minimum atomic E-state index is -0.717. The Bertz CT molecular complexity index is 1330. The van der Waals surface area contributed by atoms with Crippen LogP contribution in [0.2, 0.25) is 5.02 Å². The van der Waals surface area contributed by atoms with Gasteiger partial charge in [0.2, 0.25) is 5.91 Å². The molecule has 4 rings (SSSR count). The zero-order valence-corrected chi connectivity index (χ0v) is 18.2. The first kappa shape index (κ1) is 21.9. The van der Waals surface area contributed by atoms with Crippen molar-refractivity contribution in [3.63, 3.8) is 0 Å². The Labute approximate surface area is 191 Å². The van der Waals surface area contributed by atoms with Crippen molar-refractivity contribution in [3.05, 3.63) is 93.3 Å². The van der Waals surface area contributed by atoms with Gasteiger partial charge in [-0.05, 0) is 58.5 Å². The number of halogens is 3. The summed E-state index contributed by atoms with van der Waals surface area (Å²) in [5.74, 6) is -2.52. The Morgan fingerprint density at radius 2 is 1.84 bits per heavy atom. The number of carbonyl (C=O) groups is 2. The number of thiophene rings is 1. The normalized spacial score (nSPS) is 11.0. The van der Waals surface area contributed by atoms with E-state index in [-0.39, 0.29) is 17.9 Å². The molecular weight excluding hydrogens is 454 g/mol. The molecule has 1 aromatic heterocycles. The molecule has 0 saturated heterocycles. The molecule has 0 unspecified atom stereocenters. The van der Waals surface area contributed by atoms with Gasteiger partial charge in [0.15, 0.2) is 0 Å². The molecule has 1 heterocycles. The van der Waals surface area contributed by atoms with Crippen LogP contribution in [0.3, 0.4) is 0 Å². The van der Waals surface area contributed by atoms with E-state index in [1.807, 2.05) is 24.3 Å². The lowest BCUT2D eigenvalue weighted by Gasteiger charge is -2.08. The van der Waals surface area contributed by atoms with Gasteiger partial charge in [-0.15, -0.1) is 11.3 Å². The van der Waals surface area contributed by atoms with Crippen LogP contribution in [0.1, 0.15) is 20.8 Å². The molecule has 0 radical (unpaired) electrons. The van der Waals surface area contributed by atoms with Crippen LogP contribution in [0, 0.1) is 11.6 Å². The number of nitrogens with one attached hydrogen (secondary N) is 1. The largest absolute Gasteiger partial charge is 0.368 e. The average molecular weight is 471 g/mol. The fourth-order valence-corrected chi connectivity index (χ4v) is 4.95. The maximum absolute atomic E-state index is 14.3. The van der Waals surface area contributed by atoms with Crippen LogP contribution in [-0.2, 0) is 11.2 Å². The van der Waals surface area contributed by atoms with Crippen molar-refractivity contribution in [3.8, 4) is 11.1 Å². The first-order valence-corrected chi connectivity index (χ1v) is 10.8. The van der Waals surface area contributed by atoms with Crippen molar-refractivity contribution in [1.29, 1.82) is 0 Å². The summed E-state index contributed by atoms with van der Waals surface area (Å²) in [4.78, 5) is 24.2. The van der Waals surface area contributed by atoms with Crippen LogP contribution in [0.15, 0.2) is 60.7 Å². The fraction of sp³-hybridized carbons (Fsp3) is 0.0833. The average Bonchev–Trinajstić information content (AvgIpc) is 3.14. The number of primary amides is 1. The number of fused-ring (bicyclic) bond motifs is 1. The molecule has 162 valence electrons. The second-order valence-electron chi connectivity index (χ2n) is 7.23. The van der Waals surface area contributed by atoms with E-state index in [0.717, 1.165) is 26.1 Å². The van der Waals surface area contributed by atoms with E-state index < -0.39 is 17.6 Å². The van der Waals surface area contributed by atoms with Crippen molar-refractivity contribution >= 4 is 44.8 Å². The van der Waals surface area contributed by atoms with Gasteiger partial charge in [-0.25, -0.2) is 8.78 Å². The lowest BCUT2D eigenvalue weighted by atomic mass is 10.0. The van der Waals surface area contributed by atoms with Gasteiger partial charge in [-0.2, -0.15) is 0 Å². The molecule has 0 aliphatic heterocycles. The monoisotopic (exact) mass is 470 g/mol. The van der Waals surface area contributed by atoms with Crippen molar-refractivity contribution in [2.75, 3.05) is 6.54 Å². The molecule has 4 aromatic rings. The van der Waals surface area contributed by atoms with Gasteiger partial charge in [0, 0.05) is 21.0 Å². The Kier molecular flexibility index (Phi) is 6.21. The van der Waals surface area contributed by atoms with Crippen LogP contribution in [0.5, 0.6) is 0 Å². The summed E-state index contributed by atoms with van der Waals surface area (Å²) in [6, 6.07) is 16.5. The van der Waals surface area contributed by atoms with Crippen molar-refractivity contribution in [1.82, 2.24) is 5.32 Å². The van der Waals surface area contributed by atoms with Crippen LogP contribution in [0.25, 0.3) is 21.2 Å². The molecule has 0 spiro atoms. The molecule has 0 fully saturated rings. The summed E-state index contributed by atoms with van der Waals surface area (Å²) >= 11 is 7.50. The molecule has 4 nitrogen and oxygen atoms in total. The number of carbonyl (C=O) groups excluding carboxylic acids is 2. The van der Waals surface area contributed by atoms with Gasteiger partial charge in [0.1, 0.15) is 11.6 Å². The zero-order valence-electron chi connectivity index (χ0n) is 16.6. The van der Waals surface area contributed by atoms with E-state index in [4.69, 9.17) is 17.3 Å². The van der Waals surface area contributed by atoms with Crippen LogP contribution >= 0.6 is 22.9 Å². The summed E-state index contributed by atoms with van der Waals surface area (Å²) in [5, 5.41) is 3.63. The van der Waals surface area contributed by atoms with Crippen molar-refractivity contribution in [2.45, 2.75) is 6.42 Å². The molecule has 2 amide bonds. The molecule has 3 aromatic carbocycles. The molecule has 0 bridgehead atoms. The number of hydrogen-bond donors (Lipinski definition) is 2. The highest BCUT2D eigenvalue weighted by molar-refractivity contribution is 7.19. The highest BCUT2D eigenvalue weighted by Crippen LogP contribution is 2.36. The smallest absolute Gasteiger partial charge is 0.254 e. The summed E-state index contributed by atoms with van der Waals surface area (Å²) in [6.45, 7) is -0.379. The fourth-order valence-electron chi connectivity index (χ4n) is 3.47. The first-order valence-electron chi connectivity index (χ1n) is 9.63. The van der Waals surface area contributed by atoms with Crippen molar-refractivity contribution in [2.24, 2.45) is 5.73 Å². The standard InChI is InChI=1S/C24H17ClF2N2O2S/c25-16-6-13(7-17(26)11-16)8-18-9-15-2-1-3-19(23(15)32-18)14-4-5-21(27)20(10-14)24(31)29-12-22(28)30/h1-7,9-11H,8,12H2,(H2,28,30)(H,29,31). The predicted octanol–water partition coefficient (Wildman–Crippen LogP) is 5.31. The molecule has 0 aliphatic carbocycles. The first-order chi connectivity index (χ1) is 15.3. The van der Waals surface area contributed by atoms with E-state index in [2.05, 4.69) is 5.32 Å². The van der Waals surface area contributed by atoms with Gasteiger partial charge in [-0.3, -0.25) is 9.59 Å². The molecule has 0 saturated carbocycles. The maximum Gasteiger partial charge on any atom is 0.254 e. The van der Waals surface area contributed by atoms with Gasteiger partial charge >= 0.3 is 0 Å². The minimum Gasteiger partial charge on any atom is -0.368 e. The number of benzene rings is 3. The summed E-state index contributed by atoms with van der Waals surface area (Å²) in [5.41, 5.74) is 7.12. The maximum atomic E-state index is 14.3. The molecule has 3 N–H and O–H groups in total. The molecule has 0 atom stereocenters. The van der Waals surface area contributed by atoms with Gasteiger partial charge < -0.3 is 11.1 Å². The highest BCUT2D eigenvalue weighted by Gasteiger charge is 2.16. The lowest BCUT2D eigenvalue weighted by molar-refractivity contribution is -0.117. The third-order valence-electron chi connectivity index (χ3n) is 4.84. The number of hydrogen-bond acceptors (Lipinski definition) is 3. The number of nitrogens with two attached hydrogens (primary N) is 1. The quantitative estimate of drug-likeness (QED) is 0.401. The Morgan fingerprint density at radius 3 is 2.59 bits per heavy atom. The number of amides is 2. The van der Waals surface area contributed by atoms with E-state index in [1.54, 1.807) is 12.1 Å². The predicted molar refractivity (Wildman–Crippen MR) is 123 cm³/mol. The number of rotatable bonds is 6. The summed E-state index contributed by atoms with van der Waals surface area (Å²) in [6.07, 6.45) is 0.514. The third kappa shape index (κ3) is 4.79. The van der Waals surface area contributed by atoms with Crippen LogP contribution in [-0.4, -0.2) is 18.4 Å².